The number of aromatic nitrogens is 1. The normalized spacial score (nSPS) is 11.0. The zero-order valence-corrected chi connectivity index (χ0v) is 19.7. The number of aryl methyl sites for hydroxylation is 1. The smallest absolute Gasteiger partial charge is 0.251 e. The van der Waals surface area contributed by atoms with Crippen molar-refractivity contribution in [1.29, 1.82) is 0 Å². The monoisotopic (exact) mass is 457 g/mol. The summed E-state index contributed by atoms with van der Waals surface area (Å²) in [6.45, 7) is 5.62. The Morgan fingerprint density at radius 2 is 1.83 bits per heavy atom. The van der Waals surface area contributed by atoms with Crippen molar-refractivity contribution in [3.8, 4) is 5.75 Å². The maximum Gasteiger partial charge on any atom is 0.251 e. The van der Waals surface area contributed by atoms with Crippen LogP contribution in [0.4, 0.5) is 10.8 Å². The molecule has 9 nitrogen and oxygen atoms in total. The first-order valence-electron chi connectivity index (χ1n) is 9.46. The molecule has 0 unspecified atom stereocenters. The lowest BCUT2D eigenvalue weighted by Gasteiger charge is -2.16. The molecule has 0 fully saturated rings. The van der Waals surface area contributed by atoms with Crippen molar-refractivity contribution in [3.05, 3.63) is 30.0 Å². The SMILES string of the molecule is CCOc1ccc(N)cc1.CCc1nc(N(C=O)CCN(C)C)sc1S(=O)(=O)NC. The van der Waals surface area contributed by atoms with Gasteiger partial charge in [0.15, 0.2) is 9.34 Å². The summed E-state index contributed by atoms with van der Waals surface area (Å²) in [5.41, 5.74) is 6.72. The van der Waals surface area contributed by atoms with Crippen LogP contribution in [0.25, 0.3) is 0 Å². The lowest BCUT2D eigenvalue weighted by Crippen LogP contribution is -2.30. The van der Waals surface area contributed by atoms with E-state index in [1.807, 2.05) is 57.1 Å². The highest BCUT2D eigenvalue weighted by Gasteiger charge is 2.23. The topological polar surface area (TPSA) is 118 Å². The molecule has 2 rings (SSSR count). The number of likely N-dealkylation sites (N-methyl/N-ethyl adjacent to an activating group) is 1. The standard InChI is InChI=1S/C11H20N4O3S2.C8H11NO/c1-5-9-10(20(17,18)12-2)19-11(13-9)15(8-16)7-6-14(3)4;1-2-10-8-5-3-7(9)4-6-8/h8,12H,5-7H2,1-4H3;3-6H,2,9H2,1H3. The minimum atomic E-state index is -3.54. The molecule has 0 aliphatic rings. The number of carbonyl (C=O) groups excluding carboxylic acids is 1. The number of nitrogens with two attached hydrogens (primary N) is 1. The molecule has 2 aromatic rings. The van der Waals surface area contributed by atoms with E-state index in [1.54, 1.807) is 0 Å². The number of nitrogen functional groups attached to an aromatic ring is 1. The molecule has 0 aliphatic heterocycles. The molecule has 0 spiro atoms. The van der Waals surface area contributed by atoms with Gasteiger partial charge in [-0.05, 0) is 58.8 Å². The Labute approximate surface area is 182 Å². The zero-order chi connectivity index (χ0) is 22.7. The number of carbonyl (C=O) groups is 1. The number of thiazole rings is 1. The van der Waals surface area contributed by atoms with E-state index in [4.69, 9.17) is 10.5 Å². The molecule has 168 valence electrons. The molecule has 0 saturated carbocycles. The van der Waals surface area contributed by atoms with Crippen LogP contribution in [0.2, 0.25) is 0 Å². The number of benzene rings is 1. The fourth-order valence-electron chi connectivity index (χ4n) is 2.21. The Balaban J connectivity index is 0.000000375. The predicted octanol–water partition coefficient (Wildman–Crippen LogP) is 1.81. The van der Waals surface area contributed by atoms with E-state index < -0.39 is 10.0 Å². The number of ether oxygens (including phenoxy) is 1. The highest BCUT2D eigenvalue weighted by atomic mass is 32.2. The van der Waals surface area contributed by atoms with Gasteiger partial charge in [0, 0.05) is 18.8 Å². The molecule has 0 aliphatic carbocycles. The van der Waals surface area contributed by atoms with Gasteiger partial charge in [0.05, 0.1) is 12.3 Å². The van der Waals surface area contributed by atoms with Crippen LogP contribution < -0.4 is 20.1 Å². The van der Waals surface area contributed by atoms with Crippen LogP contribution in [0.1, 0.15) is 19.5 Å². The lowest BCUT2D eigenvalue weighted by molar-refractivity contribution is -0.107. The Kier molecular flexibility index (Phi) is 10.7. The minimum absolute atomic E-state index is 0.175. The lowest BCUT2D eigenvalue weighted by atomic mass is 10.3. The third-order valence-electron chi connectivity index (χ3n) is 3.85. The van der Waals surface area contributed by atoms with E-state index in [9.17, 15) is 13.2 Å². The summed E-state index contributed by atoms with van der Waals surface area (Å²) in [4.78, 5) is 18.8. The fourth-order valence-corrected chi connectivity index (χ4v) is 4.69. The van der Waals surface area contributed by atoms with Crippen LogP contribution >= 0.6 is 11.3 Å². The molecule has 1 aromatic carbocycles. The summed E-state index contributed by atoms with van der Waals surface area (Å²) < 4.78 is 31.5. The molecule has 0 bridgehead atoms. The summed E-state index contributed by atoms with van der Waals surface area (Å²) in [6.07, 6.45) is 1.17. The maximum absolute atomic E-state index is 11.9. The Morgan fingerprint density at radius 3 is 2.30 bits per heavy atom. The second-order valence-electron chi connectivity index (χ2n) is 6.40. The number of anilines is 2. The molecule has 30 heavy (non-hydrogen) atoms. The van der Waals surface area contributed by atoms with Crippen molar-refractivity contribution in [2.45, 2.75) is 24.5 Å². The van der Waals surface area contributed by atoms with Crippen LogP contribution in [0.3, 0.4) is 0 Å². The van der Waals surface area contributed by atoms with E-state index >= 15 is 0 Å². The summed E-state index contributed by atoms with van der Waals surface area (Å²) in [7, 11) is 1.62. The van der Waals surface area contributed by atoms with Gasteiger partial charge in [-0.2, -0.15) is 0 Å². The Hall–Kier alpha value is -2.21. The first-order chi connectivity index (χ1) is 14.2. The molecule has 11 heteroatoms. The Morgan fingerprint density at radius 1 is 1.20 bits per heavy atom. The van der Waals surface area contributed by atoms with Gasteiger partial charge in [0.25, 0.3) is 10.0 Å². The number of sulfonamides is 1. The molecule has 1 amide bonds. The van der Waals surface area contributed by atoms with Gasteiger partial charge in [-0.25, -0.2) is 18.1 Å². The fraction of sp³-hybridized carbons (Fsp3) is 0.474. The van der Waals surface area contributed by atoms with Gasteiger partial charge >= 0.3 is 0 Å². The van der Waals surface area contributed by atoms with E-state index in [0.717, 1.165) is 22.8 Å². The van der Waals surface area contributed by atoms with Crippen LogP contribution in [-0.4, -0.2) is 65.6 Å². The Bertz CT molecular complexity index is 883. The largest absolute Gasteiger partial charge is 0.494 e. The first-order valence-corrected chi connectivity index (χ1v) is 11.8. The molecule has 0 atom stereocenters. The number of nitrogens with one attached hydrogen (secondary N) is 1. The van der Waals surface area contributed by atoms with Crippen LogP contribution in [-0.2, 0) is 21.2 Å². The van der Waals surface area contributed by atoms with Crippen molar-refractivity contribution in [1.82, 2.24) is 14.6 Å². The summed E-state index contributed by atoms with van der Waals surface area (Å²) in [5.74, 6) is 0.872. The minimum Gasteiger partial charge on any atom is -0.494 e. The summed E-state index contributed by atoms with van der Waals surface area (Å²) in [5, 5.41) is 0.410. The molecule has 3 N–H and O–H groups in total. The maximum atomic E-state index is 11.9. The summed E-state index contributed by atoms with van der Waals surface area (Å²) >= 11 is 1.01. The van der Waals surface area contributed by atoms with E-state index in [0.29, 0.717) is 43.4 Å². The molecule has 0 radical (unpaired) electrons. The average molecular weight is 458 g/mol. The third kappa shape index (κ3) is 7.90. The molecular weight excluding hydrogens is 426 g/mol. The average Bonchev–Trinajstić information content (AvgIpc) is 3.16. The highest BCUT2D eigenvalue weighted by Crippen LogP contribution is 2.29. The van der Waals surface area contributed by atoms with Gasteiger partial charge in [0.1, 0.15) is 5.75 Å². The number of hydrogen-bond acceptors (Lipinski definition) is 8. The second-order valence-corrected chi connectivity index (χ2v) is 9.46. The van der Waals surface area contributed by atoms with Gasteiger partial charge in [0.2, 0.25) is 6.41 Å². The van der Waals surface area contributed by atoms with E-state index in [2.05, 4.69) is 9.71 Å². The third-order valence-corrected chi connectivity index (χ3v) is 6.95. The van der Waals surface area contributed by atoms with Gasteiger partial charge in [-0.15, -0.1) is 0 Å². The van der Waals surface area contributed by atoms with Crippen molar-refractivity contribution in [3.63, 3.8) is 0 Å². The van der Waals surface area contributed by atoms with Crippen LogP contribution in [0.15, 0.2) is 28.5 Å². The predicted molar refractivity (Wildman–Crippen MR) is 122 cm³/mol. The molecule has 1 aromatic heterocycles. The van der Waals surface area contributed by atoms with E-state index in [1.165, 1.54) is 11.9 Å². The highest BCUT2D eigenvalue weighted by molar-refractivity contribution is 7.91. The molecular formula is C19H31N5O4S2. The second kappa shape index (κ2) is 12.5. The van der Waals surface area contributed by atoms with Crippen molar-refractivity contribution in [2.75, 3.05) is 51.5 Å². The molecule has 0 saturated heterocycles. The van der Waals surface area contributed by atoms with E-state index in [-0.39, 0.29) is 4.21 Å². The quantitative estimate of drug-likeness (QED) is 0.413. The van der Waals surface area contributed by atoms with Gasteiger partial charge < -0.3 is 15.4 Å². The number of amides is 1. The van der Waals surface area contributed by atoms with Crippen molar-refractivity contribution < 1.29 is 17.9 Å². The zero-order valence-electron chi connectivity index (χ0n) is 18.1. The molecule has 1 heterocycles. The number of rotatable bonds is 10. The first kappa shape index (κ1) is 25.8. The van der Waals surface area contributed by atoms with Gasteiger partial charge in [-0.1, -0.05) is 18.3 Å². The van der Waals surface area contributed by atoms with Crippen molar-refractivity contribution in [2.24, 2.45) is 0 Å². The number of nitrogens with zero attached hydrogens (tertiary/aromatic N) is 3. The van der Waals surface area contributed by atoms with Gasteiger partial charge in [-0.3, -0.25) is 9.69 Å². The summed E-state index contributed by atoms with van der Waals surface area (Å²) in [6, 6.07) is 7.37. The van der Waals surface area contributed by atoms with Crippen LogP contribution in [0, 0.1) is 0 Å². The number of hydrogen-bond donors (Lipinski definition) is 2. The van der Waals surface area contributed by atoms with Crippen LogP contribution in [0.5, 0.6) is 5.75 Å². The van der Waals surface area contributed by atoms with Crippen molar-refractivity contribution >= 4 is 38.6 Å².